The summed E-state index contributed by atoms with van der Waals surface area (Å²) in [7, 11) is 0. The zero-order valence-corrected chi connectivity index (χ0v) is 16.0. The molecule has 1 amide bonds. The number of hydrogen-bond donors (Lipinski definition) is 0. The van der Waals surface area contributed by atoms with Crippen LogP contribution in [0.15, 0.2) is 58.2 Å². The Morgan fingerprint density at radius 2 is 2.07 bits per heavy atom. The molecule has 2 atom stereocenters. The highest BCUT2D eigenvalue weighted by Gasteiger charge is 2.36. The number of nitrogens with zero attached hydrogens (tertiary/aromatic N) is 4. The summed E-state index contributed by atoms with van der Waals surface area (Å²) in [4.78, 5) is 31.7. The normalized spacial score (nSPS) is 20.3. The van der Waals surface area contributed by atoms with Crippen LogP contribution in [-0.2, 0) is 17.8 Å². The molecule has 0 radical (unpaired) electrons. The average molecular weight is 390 g/mol. The number of rotatable bonds is 4. The molecule has 1 saturated heterocycles. The second-order valence-electron chi connectivity index (χ2n) is 7.94. The van der Waals surface area contributed by atoms with E-state index in [-0.39, 0.29) is 17.4 Å². The van der Waals surface area contributed by atoms with Crippen LogP contribution in [-0.4, -0.2) is 38.6 Å². The van der Waals surface area contributed by atoms with Gasteiger partial charge in [0.2, 0.25) is 5.91 Å². The quantitative estimate of drug-likeness (QED) is 0.684. The Kier molecular flexibility index (Phi) is 4.50. The maximum Gasteiger partial charge on any atom is 0.251 e. The van der Waals surface area contributed by atoms with Crippen molar-refractivity contribution in [2.45, 2.75) is 31.7 Å². The van der Waals surface area contributed by atoms with Gasteiger partial charge in [0.25, 0.3) is 5.56 Å². The van der Waals surface area contributed by atoms with Gasteiger partial charge in [0, 0.05) is 74.2 Å². The summed E-state index contributed by atoms with van der Waals surface area (Å²) in [6.07, 6.45) is 7.09. The van der Waals surface area contributed by atoms with E-state index in [1.165, 1.54) is 0 Å². The third-order valence-electron chi connectivity index (χ3n) is 5.98. The lowest BCUT2D eigenvalue weighted by Crippen LogP contribution is -2.49. The summed E-state index contributed by atoms with van der Waals surface area (Å²) in [5.74, 6) is 1.36. The largest absolute Gasteiger partial charge is 0.361 e. The number of amides is 1. The fourth-order valence-electron chi connectivity index (χ4n) is 4.62. The maximum atomic E-state index is 12.8. The Bertz CT molecular complexity index is 1080. The van der Waals surface area contributed by atoms with E-state index in [0.717, 1.165) is 29.0 Å². The minimum absolute atomic E-state index is 0.0288. The van der Waals surface area contributed by atoms with Crippen molar-refractivity contribution in [3.05, 3.63) is 70.7 Å². The van der Waals surface area contributed by atoms with Crippen LogP contribution < -0.4 is 5.56 Å². The van der Waals surface area contributed by atoms with Gasteiger partial charge in [-0.15, -0.1) is 0 Å². The van der Waals surface area contributed by atoms with Gasteiger partial charge in [-0.1, -0.05) is 11.2 Å². The number of aromatic nitrogens is 3. The molecule has 0 aliphatic carbocycles. The standard InChI is InChI=1S/C22H22N4O3/c27-21(4-3-19-5-7-24-29-19)25-12-15-8-18(14-25)20-9-17(10-22(28)26(20)13-15)16-2-1-6-23-11-16/h1-2,5-7,9-11,15,18H,3-4,8,12-14H2/t15-,18+/m0/s1. The van der Waals surface area contributed by atoms with Crippen molar-refractivity contribution in [1.29, 1.82) is 0 Å². The molecule has 0 spiro atoms. The topological polar surface area (TPSA) is 81.2 Å². The zero-order valence-electron chi connectivity index (χ0n) is 16.0. The summed E-state index contributed by atoms with van der Waals surface area (Å²) in [5, 5.41) is 3.69. The Morgan fingerprint density at radius 3 is 2.86 bits per heavy atom. The molecule has 2 aliphatic heterocycles. The molecule has 0 N–H and O–H groups in total. The Balaban J connectivity index is 1.38. The molecular weight excluding hydrogens is 368 g/mol. The van der Waals surface area contributed by atoms with E-state index in [9.17, 15) is 9.59 Å². The van der Waals surface area contributed by atoms with Gasteiger partial charge in [-0.25, -0.2) is 0 Å². The zero-order chi connectivity index (χ0) is 19.8. The monoisotopic (exact) mass is 390 g/mol. The van der Waals surface area contributed by atoms with Gasteiger partial charge in [-0.05, 0) is 30.0 Å². The molecule has 29 heavy (non-hydrogen) atoms. The lowest BCUT2D eigenvalue weighted by Gasteiger charge is -2.43. The average Bonchev–Trinajstić information content (AvgIpc) is 3.27. The van der Waals surface area contributed by atoms with Crippen molar-refractivity contribution in [2.24, 2.45) is 5.92 Å². The van der Waals surface area contributed by atoms with Gasteiger partial charge in [0.1, 0.15) is 5.76 Å². The van der Waals surface area contributed by atoms with Crippen molar-refractivity contribution in [2.75, 3.05) is 13.1 Å². The number of carbonyl (C=O) groups is 1. The van der Waals surface area contributed by atoms with Crippen LogP contribution in [0.4, 0.5) is 0 Å². The minimum atomic E-state index is 0.0288. The third-order valence-corrected chi connectivity index (χ3v) is 5.98. The number of likely N-dealkylation sites (tertiary alicyclic amines) is 1. The van der Waals surface area contributed by atoms with Crippen molar-refractivity contribution in [1.82, 2.24) is 19.6 Å². The van der Waals surface area contributed by atoms with Crippen LogP contribution in [0.5, 0.6) is 0 Å². The first kappa shape index (κ1) is 17.8. The smallest absolute Gasteiger partial charge is 0.251 e. The summed E-state index contributed by atoms with van der Waals surface area (Å²) < 4.78 is 6.99. The van der Waals surface area contributed by atoms with E-state index >= 15 is 0 Å². The van der Waals surface area contributed by atoms with E-state index in [4.69, 9.17) is 4.52 Å². The summed E-state index contributed by atoms with van der Waals surface area (Å²) in [6.45, 7) is 2.04. The molecular formula is C22H22N4O3. The maximum absolute atomic E-state index is 12.8. The number of aryl methyl sites for hydroxylation is 1. The van der Waals surface area contributed by atoms with E-state index in [2.05, 4.69) is 16.2 Å². The molecule has 148 valence electrons. The van der Waals surface area contributed by atoms with Crippen LogP contribution in [0.1, 0.15) is 30.2 Å². The van der Waals surface area contributed by atoms with Crippen molar-refractivity contribution in [3.63, 3.8) is 0 Å². The second kappa shape index (κ2) is 7.31. The highest BCUT2D eigenvalue weighted by molar-refractivity contribution is 5.76. The van der Waals surface area contributed by atoms with Crippen LogP contribution in [0.25, 0.3) is 11.1 Å². The molecule has 7 heteroatoms. The van der Waals surface area contributed by atoms with Gasteiger partial charge < -0.3 is 14.0 Å². The van der Waals surface area contributed by atoms with Gasteiger partial charge in [0.15, 0.2) is 0 Å². The predicted molar refractivity (Wildman–Crippen MR) is 106 cm³/mol. The number of piperidine rings is 1. The fraction of sp³-hybridized carbons (Fsp3) is 0.364. The number of pyridine rings is 2. The SMILES string of the molecule is O=C(CCc1ccno1)N1C[C@@H]2C[C@H](C1)c1cc(-c3cccnc3)cc(=O)n1C2. The predicted octanol–water partition coefficient (Wildman–Crippen LogP) is 2.48. The Labute approximate surface area is 168 Å². The van der Waals surface area contributed by atoms with Crippen molar-refractivity contribution in [3.8, 4) is 11.1 Å². The van der Waals surface area contributed by atoms with Gasteiger partial charge in [-0.2, -0.15) is 0 Å². The van der Waals surface area contributed by atoms with E-state index in [1.807, 2.05) is 21.6 Å². The molecule has 2 bridgehead atoms. The summed E-state index contributed by atoms with van der Waals surface area (Å²) in [5.41, 5.74) is 2.88. The van der Waals surface area contributed by atoms with Crippen LogP contribution in [0.3, 0.4) is 0 Å². The van der Waals surface area contributed by atoms with Crippen LogP contribution in [0, 0.1) is 5.92 Å². The molecule has 0 saturated carbocycles. The van der Waals surface area contributed by atoms with E-state index < -0.39 is 0 Å². The van der Waals surface area contributed by atoms with Crippen LogP contribution in [0.2, 0.25) is 0 Å². The second-order valence-corrected chi connectivity index (χ2v) is 7.94. The Hall–Kier alpha value is -3.22. The van der Waals surface area contributed by atoms with Crippen LogP contribution >= 0.6 is 0 Å². The van der Waals surface area contributed by atoms with Gasteiger partial charge in [0.05, 0.1) is 6.20 Å². The first-order chi connectivity index (χ1) is 14.2. The van der Waals surface area contributed by atoms with Crippen molar-refractivity contribution >= 4 is 5.91 Å². The third kappa shape index (κ3) is 3.48. The molecule has 0 unspecified atom stereocenters. The lowest BCUT2D eigenvalue weighted by atomic mass is 9.82. The van der Waals surface area contributed by atoms with E-state index in [0.29, 0.717) is 38.4 Å². The number of fused-ring (bicyclic) bond motifs is 4. The summed E-state index contributed by atoms with van der Waals surface area (Å²) in [6, 6.07) is 9.42. The first-order valence-electron chi connectivity index (χ1n) is 10.00. The molecule has 7 nitrogen and oxygen atoms in total. The summed E-state index contributed by atoms with van der Waals surface area (Å²) >= 11 is 0. The molecule has 3 aromatic rings. The molecule has 5 rings (SSSR count). The molecule has 5 heterocycles. The van der Waals surface area contributed by atoms with E-state index in [1.54, 1.807) is 30.7 Å². The fourth-order valence-corrected chi connectivity index (χ4v) is 4.62. The van der Waals surface area contributed by atoms with Gasteiger partial charge in [-0.3, -0.25) is 14.6 Å². The molecule has 3 aromatic heterocycles. The minimum Gasteiger partial charge on any atom is -0.361 e. The highest BCUT2D eigenvalue weighted by Crippen LogP contribution is 2.36. The highest BCUT2D eigenvalue weighted by atomic mass is 16.5. The Morgan fingerprint density at radius 1 is 1.14 bits per heavy atom. The number of hydrogen-bond acceptors (Lipinski definition) is 5. The first-order valence-corrected chi connectivity index (χ1v) is 10.00. The molecule has 1 fully saturated rings. The molecule has 2 aliphatic rings. The van der Waals surface area contributed by atoms with Crippen molar-refractivity contribution < 1.29 is 9.32 Å². The van der Waals surface area contributed by atoms with Gasteiger partial charge >= 0.3 is 0 Å². The number of carbonyl (C=O) groups excluding carboxylic acids is 1. The molecule has 0 aromatic carbocycles. The lowest BCUT2D eigenvalue weighted by molar-refractivity contribution is -0.134.